The van der Waals surface area contributed by atoms with Gasteiger partial charge in [-0.3, -0.25) is 4.79 Å². The van der Waals surface area contributed by atoms with Crippen LogP contribution in [0, 0.1) is 0 Å². The fraction of sp³-hybridized carbons (Fsp3) is 0.500. The first-order valence-electron chi connectivity index (χ1n) is 6.69. The van der Waals surface area contributed by atoms with Gasteiger partial charge in [-0.05, 0) is 25.1 Å². The highest BCUT2D eigenvalue weighted by Gasteiger charge is 2.06. The highest BCUT2D eigenvalue weighted by Crippen LogP contribution is 2.31. The van der Waals surface area contributed by atoms with Crippen LogP contribution >= 0.6 is 35.6 Å². The van der Waals surface area contributed by atoms with Gasteiger partial charge in [-0.25, -0.2) is 0 Å². The average Bonchev–Trinajstić information content (AvgIpc) is 2.43. The van der Waals surface area contributed by atoms with Crippen LogP contribution in [-0.4, -0.2) is 32.1 Å². The molecule has 0 aliphatic heterocycles. The second-order valence-electron chi connectivity index (χ2n) is 4.25. The number of carbonyl (C=O) groups is 1. The summed E-state index contributed by atoms with van der Waals surface area (Å²) in [5, 5.41) is 6.84. The largest absolute Gasteiger partial charge is 0.491 e. The quantitative estimate of drug-likeness (QED) is 0.668. The van der Waals surface area contributed by atoms with E-state index in [0.29, 0.717) is 22.3 Å². The third-order valence-corrected chi connectivity index (χ3v) is 3.36. The van der Waals surface area contributed by atoms with Crippen molar-refractivity contribution >= 4 is 41.5 Å². The first kappa shape index (κ1) is 20.3. The minimum Gasteiger partial charge on any atom is -0.491 e. The van der Waals surface area contributed by atoms with E-state index in [1.807, 2.05) is 0 Å². The summed E-state index contributed by atoms with van der Waals surface area (Å²) in [5.41, 5.74) is 0. The number of amides is 1. The number of rotatable bonds is 9. The molecule has 120 valence electrons. The third-order valence-electron chi connectivity index (χ3n) is 2.55. The Morgan fingerprint density at radius 3 is 2.71 bits per heavy atom. The summed E-state index contributed by atoms with van der Waals surface area (Å²) in [4.78, 5) is 11.5. The van der Waals surface area contributed by atoms with E-state index in [9.17, 15) is 4.79 Å². The van der Waals surface area contributed by atoms with E-state index < -0.39 is 0 Å². The lowest BCUT2D eigenvalue weighted by Crippen LogP contribution is -2.32. The Kier molecular flexibility index (Phi) is 11.5. The number of hydrogen-bond acceptors (Lipinski definition) is 3. The van der Waals surface area contributed by atoms with Gasteiger partial charge in [-0.15, -0.1) is 12.4 Å². The molecule has 0 bridgehead atoms. The Hall–Kier alpha value is -0.680. The smallest absolute Gasteiger partial charge is 0.223 e. The molecule has 2 N–H and O–H groups in total. The number of carbonyl (C=O) groups excluding carboxylic acids is 1. The summed E-state index contributed by atoms with van der Waals surface area (Å²) in [5.74, 6) is 0.457. The van der Waals surface area contributed by atoms with Gasteiger partial charge >= 0.3 is 0 Å². The van der Waals surface area contributed by atoms with Gasteiger partial charge in [0, 0.05) is 13.1 Å². The number of hydrogen-bond donors (Lipinski definition) is 2. The molecule has 1 aromatic carbocycles. The molecular formula is C14H21Cl3N2O2. The maximum Gasteiger partial charge on any atom is 0.223 e. The Bertz CT molecular complexity index is 431. The van der Waals surface area contributed by atoms with Crippen LogP contribution in [0.2, 0.25) is 10.0 Å². The molecule has 0 radical (unpaired) electrons. The first-order valence-corrected chi connectivity index (χ1v) is 7.45. The summed E-state index contributed by atoms with van der Waals surface area (Å²) in [6.07, 6.45) is 1.37. The van der Waals surface area contributed by atoms with Crippen LogP contribution in [0.3, 0.4) is 0 Å². The number of nitrogens with one attached hydrogen (secondary N) is 2. The monoisotopic (exact) mass is 354 g/mol. The highest BCUT2D eigenvalue weighted by molar-refractivity contribution is 6.42. The molecule has 1 amide bonds. The Balaban J connectivity index is 0.00000400. The number of halogens is 3. The van der Waals surface area contributed by atoms with Gasteiger partial charge in [0.05, 0.1) is 18.1 Å². The zero-order chi connectivity index (χ0) is 14.8. The molecule has 0 aliphatic rings. The molecule has 7 heteroatoms. The van der Waals surface area contributed by atoms with Gasteiger partial charge in [-0.2, -0.15) is 0 Å². The fourth-order valence-corrected chi connectivity index (χ4v) is 1.88. The molecule has 0 spiro atoms. The Morgan fingerprint density at radius 2 is 2.00 bits per heavy atom. The molecule has 1 rings (SSSR count). The summed E-state index contributed by atoms with van der Waals surface area (Å²) in [6.45, 7) is 4.74. The van der Waals surface area contributed by atoms with Gasteiger partial charge in [0.1, 0.15) is 10.8 Å². The fourth-order valence-electron chi connectivity index (χ4n) is 1.53. The lowest BCUT2D eigenvalue weighted by Gasteiger charge is -2.09. The lowest BCUT2D eigenvalue weighted by atomic mass is 10.3. The molecule has 0 saturated carbocycles. The van der Waals surface area contributed by atoms with Crippen LogP contribution in [0.5, 0.6) is 5.75 Å². The second-order valence-corrected chi connectivity index (χ2v) is 5.04. The minimum atomic E-state index is -0.0403. The summed E-state index contributed by atoms with van der Waals surface area (Å²) in [7, 11) is 0. The SMILES string of the molecule is CCCNCCNC(=O)CCOc1cccc(Cl)c1Cl.Cl. The van der Waals surface area contributed by atoms with Crippen molar-refractivity contribution in [2.75, 3.05) is 26.2 Å². The van der Waals surface area contributed by atoms with Crippen LogP contribution in [0.25, 0.3) is 0 Å². The molecule has 0 aliphatic carbocycles. The first-order chi connectivity index (χ1) is 9.65. The predicted molar refractivity (Wildman–Crippen MR) is 90.0 cm³/mol. The zero-order valence-electron chi connectivity index (χ0n) is 12.0. The molecule has 0 saturated heterocycles. The van der Waals surface area contributed by atoms with E-state index >= 15 is 0 Å². The van der Waals surface area contributed by atoms with Crippen LogP contribution in [0.15, 0.2) is 18.2 Å². The Labute approximate surface area is 141 Å². The average molecular weight is 356 g/mol. The number of ether oxygens (including phenoxy) is 1. The molecule has 1 aromatic rings. The van der Waals surface area contributed by atoms with Crippen molar-refractivity contribution in [1.29, 1.82) is 0 Å². The van der Waals surface area contributed by atoms with Crippen molar-refractivity contribution in [3.8, 4) is 5.75 Å². The van der Waals surface area contributed by atoms with Crippen LogP contribution < -0.4 is 15.4 Å². The molecule has 0 atom stereocenters. The van der Waals surface area contributed by atoms with Gasteiger partial charge < -0.3 is 15.4 Å². The van der Waals surface area contributed by atoms with Crippen molar-refractivity contribution in [2.45, 2.75) is 19.8 Å². The zero-order valence-corrected chi connectivity index (χ0v) is 14.3. The summed E-state index contributed by atoms with van der Waals surface area (Å²) >= 11 is 11.8. The third kappa shape index (κ3) is 8.37. The van der Waals surface area contributed by atoms with Crippen LogP contribution in [-0.2, 0) is 4.79 Å². The van der Waals surface area contributed by atoms with Crippen molar-refractivity contribution in [2.24, 2.45) is 0 Å². The van der Waals surface area contributed by atoms with Gasteiger partial charge in [0.15, 0.2) is 0 Å². The van der Waals surface area contributed by atoms with Crippen molar-refractivity contribution in [3.05, 3.63) is 28.2 Å². The minimum absolute atomic E-state index is 0. The molecule has 4 nitrogen and oxygen atoms in total. The van der Waals surface area contributed by atoms with E-state index in [1.54, 1.807) is 18.2 Å². The molecule has 0 heterocycles. The topological polar surface area (TPSA) is 50.4 Å². The van der Waals surface area contributed by atoms with E-state index in [2.05, 4.69) is 17.6 Å². The molecule has 21 heavy (non-hydrogen) atoms. The molecular weight excluding hydrogens is 335 g/mol. The van der Waals surface area contributed by atoms with Gasteiger partial charge in [-0.1, -0.05) is 36.2 Å². The van der Waals surface area contributed by atoms with Crippen LogP contribution in [0.1, 0.15) is 19.8 Å². The Morgan fingerprint density at radius 1 is 1.24 bits per heavy atom. The van der Waals surface area contributed by atoms with Crippen molar-refractivity contribution < 1.29 is 9.53 Å². The van der Waals surface area contributed by atoms with Gasteiger partial charge in [0.2, 0.25) is 5.91 Å². The summed E-state index contributed by atoms with van der Waals surface area (Å²) < 4.78 is 5.44. The second kappa shape index (κ2) is 11.9. The van der Waals surface area contributed by atoms with Gasteiger partial charge in [0.25, 0.3) is 0 Å². The maximum atomic E-state index is 11.5. The molecule has 0 unspecified atom stereocenters. The molecule has 0 fully saturated rings. The predicted octanol–water partition coefficient (Wildman–Crippen LogP) is 3.30. The van der Waals surface area contributed by atoms with E-state index in [-0.39, 0.29) is 31.3 Å². The maximum absolute atomic E-state index is 11.5. The van der Waals surface area contributed by atoms with E-state index in [4.69, 9.17) is 27.9 Å². The van der Waals surface area contributed by atoms with Crippen molar-refractivity contribution in [3.63, 3.8) is 0 Å². The standard InChI is InChI=1S/C14H20Cl2N2O2.ClH/c1-2-7-17-8-9-18-13(19)6-10-20-12-5-3-4-11(15)14(12)16;/h3-5,17H,2,6-10H2,1H3,(H,18,19);1H. The lowest BCUT2D eigenvalue weighted by molar-refractivity contribution is -0.121. The number of benzene rings is 1. The highest BCUT2D eigenvalue weighted by atomic mass is 35.5. The summed E-state index contributed by atoms with van der Waals surface area (Å²) in [6, 6.07) is 5.16. The van der Waals surface area contributed by atoms with E-state index in [1.165, 1.54) is 0 Å². The van der Waals surface area contributed by atoms with Crippen LogP contribution in [0.4, 0.5) is 0 Å². The molecule has 0 aromatic heterocycles. The normalized spacial score (nSPS) is 9.86. The van der Waals surface area contributed by atoms with E-state index in [0.717, 1.165) is 19.5 Å². The van der Waals surface area contributed by atoms with Crippen molar-refractivity contribution in [1.82, 2.24) is 10.6 Å².